The Balaban J connectivity index is 0.00000242. The SMILES string of the molecule is CN=C(NC)NCc1ccnc(Oc2ccc(F)cc2)c1.I. The molecule has 118 valence electrons. The summed E-state index contributed by atoms with van der Waals surface area (Å²) in [5.41, 5.74) is 0.999. The Kier molecular flexibility index (Phi) is 7.58. The maximum atomic E-state index is 12.8. The molecule has 0 saturated carbocycles. The zero-order valence-electron chi connectivity index (χ0n) is 12.3. The van der Waals surface area contributed by atoms with Crippen LogP contribution >= 0.6 is 24.0 Å². The molecule has 0 radical (unpaired) electrons. The van der Waals surface area contributed by atoms with E-state index < -0.39 is 0 Å². The first kappa shape index (κ1) is 18.1. The van der Waals surface area contributed by atoms with E-state index in [-0.39, 0.29) is 29.8 Å². The number of nitrogens with zero attached hydrogens (tertiary/aromatic N) is 2. The first-order chi connectivity index (χ1) is 10.2. The second-order valence-electron chi connectivity index (χ2n) is 4.23. The van der Waals surface area contributed by atoms with Crippen molar-refractivity contribution in [2.24, 2.45) is 4.99 Å². The standard InChI is InChI=1S/C15H17FN4O.HI/c1-17-15(18-2)20-10-11-7-8-19-14(9-11)21-13-5-3-12(16)4-6-13;/h3-9H,10H2,1-2H3,(H2,17,18,20);1H. The van der Waals surface area contributed by atoms with Gasteiger partial charge in [0.05, 0.1) is 0 Å². The summed E-state index contributed by atoms with van der Waals surface area (Å²) >= 11 is 0. The fraction of sp³-hybridized carbons (Fsp3) is 0.200. The van der Waals surface area contributed by atoms with Gasteiger partial charge >= 0.3 is 0 Å². The molecule has 2 aromatic rings. The topological polar surface area (TPSA) is 58.5 Å². The average Bonchev–Trinajstić information content (AvgIpc) is 2.51. The number of rotatable bonds is 4. The number of aliphatic imine (C=N–C) groups is 1. The predicted molar refractivity (Wildman–Crippen MR) is 95.4 cm³/mol. The molecule has 2 rings (SSSR count). The molecule has 0 bridgehead atoms. The number of pyridine rings is 1. The molecule has 5 nitrogen and oxygen atoms in total. The van der Waals surface area contributed by atoms with E-state index in [1.54, 1.807) is 32.4 Å². The van der Waals surface area contributed by atoms with Crippen LogP contribution in [0, 0.1) is 5.82 Å². The number of guanidine groups is 1. The van der Waals surface area contributed by atoms with Crippen molar-refractivity contribution in [1.29, 1.82) is 0 Å². The molecule has 7 heteroatoms. The van der Waals surface area contributed by atoms with Crippen molar-refractivity contribution in [3.8, 4) is 11.6 Å². The van der Waals surface area contributed by atoms with Crippen LogP contribution in [0.3, 0.4) is 0 Å². The molecule has 0 atom stereocenters. The zero-order valence-corrected chi connectivity index (χ0v) is 14.7. The Hall–Kier alpha value is -1.90. The number of nitrogens with one attached hydrogen (secondary N) is 2. The van der Waals surface area contributed by atoms with Gasteiger partial charge in [0.2, 0.25) is 5.88 Å². The molecule has 1 aromatic heterocycles. The number of hydrogen-bond donors (Lipinski definition) is 2. The van der Waals surface area contributed by atoms with Crippen LogP contribution in [0.25, 0.3) is 0 Å². The van der Waals surface area contributed by atoms with Gasteiger partial charge in [0.25, 0.3) is 0 Å². The van der Waals surface area contributed by atoms with Crippen LogP contribution < -0.4 is 15.4 Å². The molecule has 2 N–H and O–H groups in total. The van der Waals surface area contributed by atoms with Crippen molar-refractivity contribution < 1.29 is 9.13 Å². The van der Waals surface area contributed by atoms with Gasteiger partial charge in [-0.25, -0.2) is 9.37 Å². The van der Waals surface area contributed by atoms with Crippen molar-refractivity contribution >= 4 is 29.9 Å². The molecule has 1 heterocycles. The molecule has 22 heavy (non-hydrogen) atoms. The predicted octanol–water partition coefficient (Wildman–Crippen LogP) is 2.93. The highest BCUT2D eigenvalue weighted by atomic mass is 127. The molecular formula is C15H18FIN4O. The molecule has 0 aliphatic rings. The Morgan fingerprint density at radius 1 is 1.27 bits per heavy atom. The third-order valence-corrected chi connectivity index (χ3v) is 2.76. The third-order valence-electron chi connectivity index (χ3n) is 2.76. The number of ether oxygens (including phenoxy) is 1. The molecule has 0 saturated heterocycles. The fourth-order valence-electron chi connectivity index (χ4n) is 1.70. The summed E-state index contributed by atoms with van der Waals surface area (Å²) in [4.78, 5) is 8.17. The Morgan fingerprint density at radius 3 is 2.64 bits per heavy atom. The van der Waals surface area contributed by atoms with Gasteiger partial charge in [0.1, 0.15) is 11.6 Å². The van der Waals surface area contributed by atoms with E-state index in [0.717, 1.165) is 5.56 Å². The van der Waals surface area contributed by atoms with Gasteiger partial charge in [0, 0.05) is 32.9 Å². The van der Waals surface area contributed by atoms with Crippen molar-refractivity contribution in [2.45, 2.75) is 6.54 Å². The van der Waals surface area contributed by atoms with Crippen molar-refractivity contribution in [3.05, 3.63) is 54.0 Å². The smallest absolute Gasteiger partial charge is 0.219 e. The minimum Gasteiger partial charge on any atom is -0.439 e. The Bertz CT molecular complexity index is 619. The summed E-state index contributed by atoms with van der Waals surface area (Å²) in [5.74, 6) is 1.40. The van der Waals surface area contributed by atoms with E-state index in [2.05, 4.69) is 20.6 Å². The van der Waals surface area contributed by atoms with Crippen LogP contribution in [-0.4, -0.2) is 25.0 Å². The van der Waals surface area contributed by atoms with Gasteiger partial charge in [0.15, 0.2) is 5.96 Å². The highest BCUT2D eigenvalue weighted by Gasteiger charge is 2.02. The molecule has 1 aromatic carbocycles. The highest BCUT2D eigenvalue weighted by molar-refractivity contribution is 14.0. The second-order valence-corrected chi connectivity index (χ2v) is 4.23. The largest absolute Gasteiger partial charge is 0.439 e. The molecule has 0 fully saturated rings. The van der Waals surface area contributed by atoms with Gasteiger partial charge in [-0.05, 0) is 35.9 Å². The number of aromatic nitrogens is 1. The lowest BCUT2D eigenvalue weighted by atomic mass is 10.2. The lowest BCUT2D eigenvalue weighted by Crippen LogP contribution is -2.34. The van der Waals surface area contributed by atoms with E-state index in [9.17, 15) is 4.39 Å². The van der Waals surface area contributed by atoms with Gasteiger partial charge in [-0.15, -0.1) is 24.0 Å². The summed E-state index contributed by atoms with van der Waals surface area (Å²) in [6, 6.07) is 9.51. The summed E-state index contributed by atoms with van der Waals surface area (Å²) in [7, 11) is 3.50. The first-order valence-electron chi connectivity index (χ1n) is 6.48. The second kappa shape index (κ2) is 9.19. The van der Waals surface area contributed by atoms with E-state index in [1.165, 1.54) is 12.1 Å². The van der Waals surface area contributed by atoms with E-state index in [4.69, 9.17) is 4.74 Å². The summed E-state index contributed by atoms with van der Waals surface area (Å²) in [6.07, 6.45) is 1.66. The molecular weight excluding hydrogens is 398 g/mol. The summed E-state index contributed by atoms with van der Waals surface area (Å²) in [6.45, 7) is 0.593. The van der Waals surface area contributed by atoms with Crippen molar-refractivity contribution in [2.75, 3.05) is 14.1 Å². The van der Waals surface area contributed by atoms with Crippen LogP contribution in [0.1, 0.15) is 5.56 Å². The number of hydrogen-bond acceptors (Lipinski definition) is 3. The van der Waals surface area contributed by atoms with E-state index in [1.807, 2.05) is 12.1 Å². The van der Waals surface area contributed by atoms with Gasteiger partial charge in [-0.2, -0.15) is 0 Å². The number of halogens is 2. The van der Waals surface area contributed by atoms with Crippen molar-refractivity contribution in [1.82, 2.24) is 15.6 Å². The summed E-state index contributed by atoms with van der Waals surface area (Å²) in [5, 5.41) is 6.08. The summed E-state index contributed by atoms with van der Waals surface area (Å²) < 4.78 is 18.4. The Morgan fingerprint density at radius 2 is 2.00 bits per heavy atom. The lowest BCUT2D eigenvalue weighted by Gasteiger charge is -2.09. The Labute approximate surface area is 146 Å². The fourth-order valence-corrected chi connectivity index (χ4v) is 1.70. The van der Waals surface area contributed by atoms with Crippen molar-refractivity contribution in [3.63, 3.8) is 0 Å². The molecule has 0 aliphatic carbocycles. The minimum atomic E-state index is -0.299. The van der Waals surface area contributed by atoms with Gasteiger partial charge < -0.3 is 15.4 Å². The average molecular weight is 416 g/mol. The van der Waals surface area contributed by atoms with E-state index in [0.29, 0.717) is 24.1 Å². The maximum absolute atomic E-state index is 12.8. The first-order valence-corrected chi connectivity index (χ1v) is 6.48. The molecule has 0 aliphatic heterocycles. The molecule has 0 unspecified atom stereocenters. The molecule has 0 amide bonds. The monoisotopic (exact) mass is 416 g/mol. The van der Waals surface area contributed by atoms with Crippen LogP contribution in [0.2, 0.25) is 0 Å². The molecule has 0 spiro atoms. The quantitative estimate of drug-likeness (QED) is 0.457. The van der Waals surface area contributed by atoms with E-state index >= 15 is 0 Å². The third kappa shape index (κ3) is 5.47. The normalized spacial score (nSPS) is 10.6. The highest BCUT2D eigenvalue weighted by Crippen LogP contribution is 2.20. The van der Waals surface area contributed by atoms with Gasteiger partial charge in [-0.3, -0.25) is 4.99 Å². The lowest BCUT2D eigenvalue weighted by molar-refractivity contribution is 0.460. The maximum Gasteiger partial charge on any atom is 0.219 e. The van der Waals surface area contributed by atoms with Crippen LogP contribution in [-0.2, 0) is 6.54 Å². The van der Waals surface area contributed by atoms with Crippen LogP contribution in [0.4, 0.5) is 4.39 Å². The zero-order chi connectivity index (χ0) is 15.1. The van der Waals surface area contributed by atoms with Crippen LogP contribution in [0.5, 0.6) is 11.6 Å². The van der Waals surface area contributed by atoms with Gasteiger partial charge in [-0.1, -0.05) is 0 Å². The van der Waals surface area contributed by atoms with Crippen LogP contribution in [0.15, 0.2) is 47.6 Å². The minimum absolute atomic E-state index is 0. The number of benzene rings is 1.